The van der Waals surface area contributed by atoms with Crippen molar-refractivity contribution in [3.05, 3.63) is 57.6 Å². The van der Waals surface area contributed by atoms with E-state index in [2.05, 4.69) is 0 Å². The molecule has 162 valence electrons. The van der Waals surface area contributed by atoms with Crippen LogP contribution in [0.25, 0.3) is 0 Å². The number of nitro benzene ring substituents is 1. The fourth-order valence-corrected chi connectivity index (χ4v) is 3.49. The van der Waals surface area contributed by atoms with Crippen molar-refractivity contribution < 1.29 is 27.6 Å². The Morgan fingerprint density at radius 1 is 1.03 bits per heavy atom. The third kappa shape index (κ3) is 4.76. The zero-order chi connectivity index (χ0) is 21.9. The molecule has 7 nitrogen and oxygen atoms in total. The highest BCUT2D eigenvalue weighted by Gasteiger charge is 2.31. The Bertz CT molecular complexity index is 913. The molecule has 0 N–H and O–H groups in total. The molecule has 0 saturated carbocycles. The summed E-state index contributed by atoms with van der Waals surface area (Å²) in [6, 6.07) is 8.19. The molecule has 1 heterocycles. The summed E-state index contributed by atoms with van der Waals surface area (Å²) >= 11 is 0. The van der Waals surface area contributed by atoms with Crippen LogP contribution in [0.5, 0.6) is 11.5 Å². The van der Waals surface area contributed by atoms with Crippen molar-refractivity contribution in [3.63, 3.8) is 0 Å². The molecular weight excluding hydrogens is 403 g/mol. The molecule has 1 fully saturated rings. The summed E-state index contributed by atoms with van der Waals surface area (Å²) in [5.41, 5.74) is 0.267. The van der Waals surface area contributed by atoms with Crippen LogP contribution in [0.2, 0.25) is 0 Å². The molecule has 0 amide bonds. The van der Waals surface area contributed by atoms with Crippen molar-refractivity contribution >= 4 is 11.4 Å². The van der Waals surface area contributed by atoms with Crippen molar-refractivity contribution in [2.45, 2.75) is 12.7 Å². The maximum Gasteiger partial charge on any atom is 0.416 e. The van der Waals surface area contributed by atoms with E-state index in [0.717, 1.165) is 12.1 Å². The lowest BCUT2D eigenvalue weighted by atomic mass is 10.1. The van der Waals surface area contributed by atoms with Gasteiger partial charge in [-0.05, 0) is 24.3 Å². The van der Waals surface area contributed by atoms with Crippen LogP contribution in [-0.4, -0.2) is 50.2 Å². The molecule has 2 aromatic carbocycles. The van der Waals surface area contributed by atoms with Crippen molar-refractivity contribution in [3.8, 4) is 11.5 Å². The van der Waals surface area contributed by atoms with Crippen LogP contribution >= 0.6 is 0 Å². The summed E-state index contributed by atoms with van der Waals surface area (Å²) in [5.74, 6) is 0.683. The van der Waals surface area contributed by atoms with Crippen LogP contribution in [0.3, 0.4) is 0 Å². The van der Waals surface area contributed by atoms with Crippen LogP contribution in [0.15, 0.2) is 36.4 Å². The van der Waals surface area contributed by atoms with Crippen LogP contribution in [0, 0.1) is 10.1 Å². The van der Waals surface area contributed by atoms with E-state index < -0.39 is 16.7 Å². The van der Waals surface area contributed by atoms with Crippen molar-refractivity contribution in [1.29, 1.82) is 0 Å². The fourth-order valence-electron chi connectivity index (χ4n) is 3.49. The van der Waals surface area contributed by atoms with E-state index in [9.17, 15) is 23.3 Å². The first-order chi connectivity index (χ1) is 14.2. The number of anilines is 1. The van der Waals surface area contributed by atoms with E-state index in [-0.39, 0.29) is 11.4 Å². The highest BCUT2D eigenvalue weighted by Crippen LogP contribution is 2.35. The first-order valence-corrected chi connectivity index (χ1v) is 9.26. The number of halogens is 3. The third-order valence-corrected chi connectivity index (χ3v) is 5.09. The summed E-state index contributed by atoms with van der Waals surface area (Å²) in [6.45, 7) is 2.47. The standard InChI is InChI=1S/C20H22F3N3O4/c1-29-18-10-14(17(26(27)28)12-19(18)30-2)13-24-6-8-25(9-7-24)16-5-3-4-15(11-16)20(21,22)23/h3-5,10-12H,6-9,13H2,1-2H3. The summed E-state index contributed by atoms with van der Waals surface area (Å²) in [6.07, 6.45) is -4.38. The Kier molecular flexibility index (Phi) is 6.35. The summed E-state index contributed by atoms with van der Waals surface area (Å²) in [7, 11) is 2.87. The molecule has 2 aromatic rings. The zero-order valence-electron chi connectivity index (χ0n) is 16.6. The van der Waals surface area contributed by atoms with Gasteiger partial charge in [0.05, 0.1) is 30.8 Å². The fraction of sp³-hybridized carbons (Fsp3) is 0.400. The van der Waals surface area contributed by atoms with Crippen LogP contribution in [-0.2, 0) is 12.7 Å². The lowest BCUT2D eigenvalue weighted by Gasteiger charge is -2.36. The molecule has 0 spiro atoms. The first kappa shape index (κ1) is 21.7. The Balaban J connectivity index is 1.71. The van der Waals surface area contributed by atoms with E-state index in [1.54, 1.807) is 12.1 Å². The van der Waals surface area contributed by atoms with Gasteiger partial charge in [-0.15, -0.1) is 0 Å². The van der Waals surface area contributed by atoms with E-state index in [1.807, 2.05) is 9.80 Å². The van der Waals surface area contributed by atoms with Gasteiger partial charge in [-0.1, -0.05) is 6.07 Å². The van der Waals surface area contributed by atoms with E-state index in [1.165, 1.54) is 26.4 Å². The number of piperazine rings is 1. The van der Waals surface area contributed by atoms with Gasteiger partial charge < -0.3 is 14.4 Å². The predicted molar refractivity (Wildman–Crippen MR) is 105 cm³/mol. The predicted octanol–water partition coefficient (Wildman–Crippen LogP) is 3.95. The Hall–Kier alpha value is -3.01. The number of nitro groups is 1. The molecule has 1 aliphatic heterocycles. The molecule has 1 aliphatic rings. The highest BCUT2D eigenvalue weighted by atomic mass is 19.4. The lowest BCUT2D eigenvalue weighted by Crippen LogP contribution is -2.46. The summed E-state index contributed by atoms with van der Waals surface area (Å²) in [5, 5.41) is 11.5. The van der Waals surface area contributed by atoms with Crippen molar-refractivity contribution in [2.75, 3.05) is 45.3 Å². The minimum Gasteiger partial charge on any atom is -0.493 e. The molecule has 10 heteroatoms. The normalized spacial score (nSPS) is 15.2. The number of hydrogen-bond donors (Lipinski definition) is 0. The van der Waals surface area contributed by atoms with Crippen LogP contribution < -0.4 is 14.4 Å². The van der Waals surface area contributed by atoms with Gasteiger partial charge in [0.1, 0.15) is 0 Å². The lowest BCUT2D eigenvalue weighted by molar-refractivity contribution is -0.385. The summed E-state index contributed by atoms with van der Waals surface area (Å²) in [4.78, 5) is 14.9. The number of alkyl halides is 3. The topological polar surface area (TPSA) is 68.1 Å². The summed E-state index contributed by atoms with van der Waals surface area (Å²) < 4.78 is 49.3. The van der Waals surface area contributed by atoms with Gasteiger partial charge in [0.2, 0.25) is 0 Å². The quantitative estimate of drug-likeness (QED) is 0.516. The second kappa shape index (κ2) is 8.78. The number of nitrogens with zero attached hydrogens (tertiary/aromatic N) is 3. The molecule has 30 heavy (non-hydrogen) atoms. The molecule has 0 unspecified atom stereocenters. The van der Waals surface area contributed by atoms with E-state index in [0.29, 0.717) is 49.7 Å². The van der Waals surface area contributed by atoms with Gasteiger partial charge in [0, 0.05) is 44.0 Å². The van der Waals surface area contributed by atoms with Gasteiger partial charge in [-0.2, -0.15) is 13.2 Å². The Morgan fingerprint density at radius 3 is 2.23 bits per heavy atom. The van der Waals surface area contributed by atoms with Crippen LogP contribution in [0.4, 0.5) is 24.5 Å². The second-order valence-electron chi connectivity index (χ2n) is 6.90. The van der Waals surface area contributed by atoms with Gasteiger partial charge in [0.15, 0.2) is 11.5 Å². The maximum absolute atomic E-state index is 13.0. The highest BCUT2D eigenvalue weighted by molar-refractivity contribution is 5.54. The molecule has 1 saturated heterocycles. The number of hydrogen-bond acceptors (Lipinski definition) is 6. The van der Waals surface area contributed by atoms with Crippen molar-refractivity contribution in [1.82, 2.24) is 4.90 Å². The van der Waals surface area contributed by atoms with Gasteiger partial charge in [-0.3, -0.25) is 15.0 Å². The van der Waals surface area contributed by atoms with Gasteiger partial charge in [0.25, 0.3) is 5.69 Å². The van der Waals surface area contributed by atoms with E-state index >= 15 is 0 Å². The first-order valence-electron chi connectivity index (χ1n) is 9.26. The minimum atomic E-state index is -4.38. The second-order valence-corrected chi connectivity index (χ2v) is 6.90. The Morgan fingerprint density at radius 2 is 1.67 bits per heavy atom. The maximum atomic E-state index is 13.0. The number of ether oxygens (including phenoxy) is 2. The molecule has 0 radical (unpaired) electrons. The largest absolute Gasteiger partial charge is 0.493 e. The molecular formula is C20H22F3N3O4. The molecule has 0 bridgehead atoms. The minimum absolute atomic E-state index is 0.0621. The average molecular weight is 425 g/mol. The zero-order valence-corrected chi connectivity index (χ0v) is 16.6. The number of benzene rings is 2. The SMILES string of the molecule is COc1cc(CN2CCN(c3cccc(C(F)(F)F)c3)CC2)c([N+](=O)[O-])cc1OC. The van der Waals surface area contributed by atoms with Gasteiger partial charge >= 0.3 is 6.18 Å². The number of methoxy groups -OCH3 is 2. The number of rotatable bonds is 6. The molecule has 0 aliphatic carbocycles. The van der Waals surface area contributed by atoms with E-state index in [4.69, 9.17) is 9.47 Å². The van der Waals surface area contributed by atoms with Gasteiger partial charge in [-0.25, -0.2) is 0 Å². The van der Waals surface area contributed by atoms with Crippen molar-refractivity contribution in [2.24, 2.45) is 0 Å². The van der Waals surface area contributed by atoms with Crippen LogP contribution in [0.1, 0.15) is 11.1 Å². The average Bonchev–Trinajstić information content (AvgIpc) is 2.73. The smallest absolute Gasteiger partial charge is 0.416 e. The third-order valence-electron chi connectivity index (χ3n) is 5.09. The Labute approximate surface area is 171 Å². The molecule has 3 rings (SSSR count). The monoisotopic (exact) mass is 425 g/mol. The molecule has 0 aromatic heterocycles. The molecule has 0 atom stereocenters.